The Kier molecular flexibility index (Phi) is 14.7. The van der Waals surface area contributed by atoms with E-state index < -0.39 is 41.6 Å². The molecule has 164 valence electrons. The topological polar surface area (TPSA) is 197 Å². The van der Waals surface area contributed by atoms with Crippen molar-refractivity contribution >= 4 is 18.0 Å². The average Bonchev–Trinajstić information content (AvgIpc) is 2.59. The number of nitrogens with zero attached hydrogens (tertiary/aromatic N) is 2. The molecule has 1 amide bonds. The van der Waals surface area contributed by atoms with Crippen LogP contribution >= 0.6 is 0 Å². The van der Waals surface area contributed by atoms with Gasteiger partial charge >= 0.3 is 12.1 Å². The molecule has 0 saturated heterocycles. The van der Waals surface area contributed by atoms with Crippen LogP contribution in [0.3, 0.4) is 0 Å². The van der Waals surface area contributed by atoms with Crippen LogP contribution < -0.4 is 5.32 Å². The van der Waals surface area contributed by atoms with Crippen LogP contribution in [0.15, 0.2) is 0 Å². The highest BCUT2D eigenvalue weighted by Crippen LogP contribution is 2.00. The van der Waals surface area contributed by atoms with E-state index in [0.717, 1.165) is 0 Å². The summed E-state index contributed by atoms with van der Waals surface area (Å²) in [6, 6.07) is 0. The van der Waals surface area contributed by atoms with Crippen LogP contribution in [-0.4, -0.2) is 82.3 Å². The zero-order valence-corrected chi connectivity index (χ0v) is 15.2. The second-order valence-corrected chi connectivity index (χ2v) is 5.03. The highest BCUT2D eigenvalue weighted by molar-refractivity contribution is 5.81. The normalized spacial score (nSPS) is 12.0. The third-order valence-electron chi connectivity index (χ3n) is 2.71. The lowest BCUT2D eigenvalue weighted by Gasteiger charge is -2.14. The van der Waals surface area contributed by atoms with Gasteiger partial charge in [0.1, 0.15) is 6.54 Å². The van der Waals surface area contributed by atoms with Crippen molar-refractivity contribution in [2.45, 2.75) is 38.9 Å². The van der Waals surface area contributed by atoms with Gasteiger partial charge in [-0.2, -0.15) is 0 Å². The number of hydrogen-bond acceptors (Lipinski definition) is 14. The quantitative estimate of drug-likeness (QED) is 0.101. The summed E-state index contributed by atoms with van der Waals surface area (Å²) in [5.41, 5.74) is 0. The highest BCUT2D eigenvalue weighted by Gasteiger charge is 2.15. The SMILES string of the molecule is CC(OC(=O)CNC(=O)CCCON(O)O)OC(=O)OCCCCON(O)O. The number of rotatable bonds is 15. The van der Waals surface area contributed by atoms with Crippen molar-refractivity contribution < 1.29 is 59.1 Å². The Labute approximate surface area is 159 Å². The lowest BCUT2D eigenvalue weighted by atomic mass is 10.3. The lowest BCUT2D eigenvalue weighted by Crippen LogP contribution is -2.33. The van der Waals surface area contributed by atoms with Crippen molar-refractivity contribution in [3.63, 3.8) is 0 Å². The van der Waals surface area contributed by atoms with E-state index in [1.165, 1.54) is 6.92 Å². The summed E-state index contributed by atoms with van der Waals surface area (Å²) >= 11 is 0. The van der Waals surface area contributed by atoms with Crippen LogP contribution in [0.25, 0.3) is 0 Å². The van der Waals surface area contributed by atoms with Crippen molar-refractivity contribution in [3.05, 3.63) is 0 Å². The first-order valence-electron chi connectivity index (χ1n) is 8.12. The fourth-order valence-corrected chi connectivity index (χ4v) is 1.56. The number of ether oxygens (including phenoxy) is 3. The molecule has 0 spiro atoms. The number of carbonyl (C=O) groups excluding carboxylic acids is 3. The Bertz CT molecular complexity index is 462. The van der Waals surface area contributed by atoms with Crippen LogP contribution in [0.1, 0.15) is 32.6 Å². The van der Waals surface area contributed by atoms with E-state index in [2.05, 4.69) is 19.7 Å². The summed E-state index contributed by atoms with van der Waals surface area (Å²) in [5, 5.41) is 34.5. The number of nitrogens with one attached hydrogen (secondary N) is 1. The fourth-order valence-electron chi connectivity index (χ4n) is 1.56. The molecule has 0 aromatic rings. The Morgan fingerprint density at radius 3 is 2.07 bits per heavy atom. The Morgan fingerprint density at radius 2 is 1.46 bits per heavy atom. The van der Waals surface area contributed by atoms with Gasteiger partial charge < -0.3 is 19.5 Å². The second-order valence-electron chi connectivity index (χ2n) is 5.03. The van der Waals surface area contributed by atoms with Crippen molar-refractivity contribution in [2.75, 3.05) is 26.4 Å². The number of amides is 1. The van der Waals surface area contributed by atoms with Crippen LogP contribution in [-0.2, 0) is 33.5 Å². The third-order valence-corrected chi connectivity index (χ3v) is 2.71. The summed E-state index contributed by atoms with van der Waals surface area (Å²) < 4.78 is 14.1. The molecule has 1 unspecified atom stereocenters. The van der Waals surface area contributed by atoms with E-state index in [1.54, 1.807) is 0 Å². The lowest BCUT2D eigenvalue weighted by molar-refractivity contribution is -0.492. The summed E-state index contributed by atoms with van der Waals surface area (Å²) in [6.07, 6.45) is -1.43. The Balaban J connectivity index is 3.73. The van der Waals surface area contributed by atoms with Crippen LogP contribution in [0.2, 0.25) is 0 Å². The molecular formula is C13H25N3O12. The maximum Gasteiger partial charge on any atom is 0.511 e. The van der Waals surface area contributed by atoms with Crippen molar-refractivity contribution in [3.8, 4) is 0 Å². The first-order valence-corrected chi connectivity index (χ1v) is 8.12. The van der Waals surface area contributed by atoms with Gasteiger partial charge in [0, 0.05) is 13.3 Å². The summed E-state index contributed by atoms with van der Waals surface area (Å²) in [7, 11) is 0. The van der Waals surface area contributed by atoms with Gasteiger partial charge in [0.15, 0.2) is 0 Å². The molecule has 5 N–H and O–H groups in total. The van der Waals surface area contributed by atoms with Gasteiger partial charge in [-0.25, -0.2) is 4.79 Å². The van der Waals surface area contributed by atoms with Gasteiger partial charge in [-0.05, 0) is 19.3 Å². The third kappa shape index (κ3) is 17.3. The number of carbonyl (C=O) groups is 3. The largest absolute Gasteiger partial charge is 0.511 e. The van der Waals surface area contributed by atoms with Gasteiger partial charge in [0.2, 0.25) is 12.2 Å². The molecule has 0 bridgehead atoms. The van der Waals surface area contributed by atoms with Crippen molar-refractivity contribution in [2.24, 2.45) is 0 Å². The van der Waals surface area contributed by atoms with Gasteiger partial charge in [-0.3, -0.25) is 40.1 Å². The zero-order valence-electron chi connectivity index (χ0n) is 15.2. The number of unbranched alkanes of at least 4 members (excludes halogenated alkanes) is 1. The van der Waals surface area contributed by atoms with Gasteiger partial charge in [0.05, 0.1) is 30.6 Å². The standard InChI is InChI=1S/C13H25N3O12/c1-10(28-13(19)24-6-2-3-7-25-15(20)21)27-12(18)9-14-11(17)5-4-8-26-16(22)23/h10,20-23H,2-9H2,1H3,(H,14,17). The molecule has 0 aromatic carbocycles. The Morgan fingerprint density at radius 1 is 0.893 bits per heavy atom. The van der Waals surface area contributed by atoms with Crippen LogP contribution in [0, 0.1) is 0 Å². The maximum absolute atomic E-state index is 11.5. The first kappa shape index (κ1) is 25.9. The first-order chi connectivity index (χ1) is 13.2. The molecule has 0 aliphatic carbocycles. The van der Waals surface area contributed by atoms with E-state index >= 15 is 0 Å². The summed E-state index contributed by atoms with van der Waals surface area (Å²) in [5.74, 6) is -1.35. The Hall–Kier alpha value is -2.11. The summed E-state index contributed by atoms with van der Waals surface area (Å²) in [6.45, 7) is 0.676. The number of esters is 1. The molecule has 0 fully saturated rings. The fraction of sp³-hybridized carbons (Fsp3) is 0.769. The minimum Gasteiger partial charge on any atom is -0.434 e. The predicted molar refractivity (Wildman–Crippen MR) is 82.2 cm³/mol. The van der Waals surface area contributed by atoms with E-state index in [9.17, 15) is 14.4 Å². The molecule has 28 heavy (non-hydrogen) atoms. The van der Waals surface area contributed by atoms with E-state index in [1.807, 2.05) is 0 Å². The molecule has 0 aliphatic rings. The molecule has 0 aliphatic heterocycles. The smallest absolute Gasteiger partial charge is 0.434 e. The minimum atomic E-state index is -1.24. The summed E-state index contributed by atoms with van der Waals surface area (Å²) in [4.78, 5) is 42.8. The van der Waals surface area contributed by atoms with E-state index in [0.29, 0.717) is 12.8 Å². The van der Waals surface area contributed by atoms with Crippen molar-refractivity contribution in [1.29, 1.82) is 0 Å². The molecule has 15 nitrogen and oxygen atoms in total. The second kappa shape index (κ2) is 15.9. The monoisotopic (exact) mass is 415 g/mol. The molecule has 0 rings (SSSR count). The highest BCUT2D eigenvalue weighted by atomic mass is 17.1. The van der Waals surface area contributed by atoms with Gasteiger partial charge in [-0.15, -0.1) is 0 Å². The average molecular weight is 415 g/mol. The number of hydrogen-bond donors (Lipinski definition) is 5. The molecule has 0 saturated carbocycles. The van der Waals surface area contributed by atoms with Gasteiger partial charge in [0.25, 0.3) is 0 Å². The van der Waals surface area contributed by atoms with E-state index in [4.69, 9.17) is 30.3 Å². The molecule has 0 aromatic heterocycles. The van der Waals surface area contributed by atoms with Crippen LogP contribution in [0.5, 0.6) is 0 Å². The minimum absolute atomic E-state index is 0.000514. The molecule has 15 heteroatoms. The molecular weight excluding hydrogens is 390 g/mol. The molecule has 0 radical (unpaired) electrons. The van der Waals surface area contributed by atoms with Gasteiger partial charge in [-0.1, -0.05) is 0 Å². The van der Waals surface area contributed by atoms with Crippen LogP contribution in [0.4, 0.5) is 4.79 Å². The molecule has 1 atom stereocenters. The van der Waals surface area contributed by atoms with Crippen molar-refractivity contribution in [1.82, 2.24) is 16.1 Å². The maximum atomic E-state index is 11.5. The zero-order chi connectivity index (χ0) is 21.4. The predicted octanol–water partition coefficient (Wildman–Crippen LogP) is -0.271. The van der Waals surface area contributed by atoms with E-state index in [-0.39, 0.29) is 32.7 Å². The molecule has 0 heterocycles.